The van der Waals surface area contributed by atoms with Crippen LogP contribution in [0.1, 0.15) is 12.8 Å². The number of nitrogens with zero attached hydrogens (tertiary/aromatic N) is 1. The van der Waals surface area contributed by atoms with Crippen LogP contribution in [0.15, 0.2) is 65.6 Å². The number of anilines is 1. The molecule has 1 fully saturated rings. The molecule has 3 aromatic carbocycles. The summed E-state index contributed by atoms with van der Waals surface area (Å²) in [7, 11) is -3.70. The molecule has 8 heteroatoms. The van der Waals surface area contributed by atoms with E-state index in [0.717, 1.165) is 10.8 Å². The zero-order chi connectivity index (χ0) is 21.3. The minimum Gasteiger partial charge on any atom is -0.324 e. The summed E-state index contributed by atoms with van der Waals surface area (Å²) in [5.41, 5.74) is 0.459. The van der Waals surface area contributed by atoms with Gasteiger partial charge >= 0.3 is 0 Å². The molecule has 1 aliphatic heterocycles. The molecule has 0 spiro atoms. The van der Waals surface area contributed by atoms with Gasteiger partial charge in [-0.3, -0.25) is 4.79 Å². The molecule has 1 unspecified atom stereocenters. The molecular weight excluding hydrogens is 443 g/mol. The highest BCUT2D eigenvalue weighted by atomic mass is 35.5. The van der Waals surface area contributed by atoms with Crippen molar-refractivity contribution >= 4 is 55.6 Å². The van der Waals surface area contributed by atoms with Crippen molar-refractivity contribution in [3.05, 3.63) is 70.7 Å². The van der Waals surface area contributed by atoms with Gasteiger partial charge in [-0.15, -0.1) is 0 Å². The number of piperidine rings is 1. The Hall–Kier alpha value is -2.12. The molecule has 0 aliphatic carbocycles. The number of halogens is 2. The lowest BCUT2D eigenvalue weighted by Crippen LogP contribution is -2.43. The van der Waals surface area contributed by atoms with Gasteiger partial charge in [0.2, 0.25) is 15.9 Å². The quantitative estimate of drug-likeness (QED) is 0.580. The monoisotopic (exact) mass is 462 g/mol. The van der Waals surface area contributed by atoms with Crippen molar-refractivity contribution in [2.75, 3.05) is 18.4 Å². The molecule has 1 heterocycles. The van der Waals surface area contributed by atoms with Crippen LogP contribution in [0.3, 0.4) is 0 Å². The molecule has 156 valence electrons. The van der Waals surface area contributed by atoms with Gasteiger partial charge in [0.1, 0.15) is 0 Å². The first-order valence-electron chi connectivity index (χ1n) is 9.59. The molecule has 0 bridgehead atoms. The van der Waals surface area contributed by atoms with Crippen molar-refractivity contribution in [3.8, 4) is 0 Å². The summed E-state index contributed by atoms with van der Waals surface area (Å²) < 4.78 is 27.8. The van der Waals surface area contributed by atoms with Crippen LogP contribution in [0.25, 0.3) is 10.8 Å². The van der Waals surface area contributed by atoms with Crippen molar-refractivity contribution in [1.82, 2.24) is 4.31 Å². The number of carbonyl (C=O) groups is 1. The normalized spacial score (nSPS) is 17.7. The maximum atomic E-state index is 13.2. The third-order valence-electron chi connectivity index (χ3n) is 5.30. The first-order valence-corrected chi connectivity index (χ1v) is 11.8. The number of amides is 1. The number of nitrogens with one attached hydrogen (secondary N) is 1. The van der Waals surface area contributed by atoms with Crippen molar-refractivity contribution in [3.63, 3.8) is 0 Å². The van der Waals surface area contributed by atoms with E-state index in [1.165, 1.54) is 4.31 Å². The van der Waals surface area contributed by atoms with Gasteiger partial charge in [-0.2, -0.15) is 4.31 Å². The smallest absolute Gasteiger partial charge is 0.243 e. The minimum atomic E-state index is -3.70. The molecule has 1 saturated heterocycles. The van der Waals surface area contributed by atoms with Crippen molar-refractivity contribution in [2.24, 2.45) is 5.92 Å². The Morgan fingerprint density at radius 2 is 1.77 bits per heavy atom. The summed E-state index contributed by atoms with van der Waals surface area (Å²) in [6.45, 7) is 0.521. The Labute approximate surface area is 185 Å². The Morgan fingerprint density at radius 3 is 2.53 bits per heavy atom. The predicted octanol–water partition coefficient (Wildman–Crippen LogP) is 5.19. The van der Waals surface area contributed by atoms with Crippen LogP contribution in [0.2, 0.25) is 10.0 Å². The molecular formula is C22H20Cl2N2O3S. The number of carbonyl (C=O) groups excluding carboxylic acids is 1. The van der Waals surface area contributed by atoms with Gasteiger partial charge in [0, 0.05) is 18.1 Å². The summed E-state index contributed by atoms with van der Waals surface area (Å²) in [4.78, 5) is 13.0. The largest absolute Gasteiger partial charge is 0.324 e. The number of hydrogen-bond donors (Lipinski definition) is 1. The van der Waals surface area contributed by atoms with Crippen molar-refractivity contribution in [2.45, 2.75) is 17.7 Å². The Bertz CT molecular complexity index is 1210. The van der Waals surface area contributed by atoms with Crippen LogP contribution in [0.4, 0.5) is 5.69 Å². The van der Waals surface area contributed by atoms with E-state index in [1.807, 2.05) is 24.3 Å². The van der Waals surface area contributed by atoms with Gasteiger partial charge in [-0.05, 0) is 53.9 Å². The third kappa shape index (κ3) is 4.32. The first kappa shape index (κ1) is 21.1. The molecule has 30 heavy (non-hydrogen) atoms. The van der Waals surface area contributed by atoms with E-state index >= 15 is 0 Å². The molecule has 0 radical (unpaired) electrons. The van der Waals surface area contributed by atoms with E-state index in [9.17, 15) is 13.2 Å². The lowest BCUT2D eigenvalue weighted by Gasteiger charge is -2.31. The predicted molar refractivity (Wildman–Crippen MR) is 121 cm³/mol. The van der Waals surface area contributed by atoms with Crippen LogP contribution in [0, 0.1) is 5.92 Å². The molecule has 5 nitrogen and oxygen atoms in total. The van der Waals surface area contributed by atoms with Gasteiger partial charge in [-0.1, -0.05) is 53.5 Å². The average Bonchev–Trinajstić information content (AvgIpc) is 2.75. The number of rotatable bonds is 4. The van der Waals surface area contributed by atoms with Gasteiger partial charge in [0.15, 0.2) is 0 Å². The highest BCUT2D eigenvalue weighted by Gasteiger charge is 2.33. The molecule has 4 rings (SSSR count). The van der Waals surface area contributed by atoms with Gasteiger partial charge in [-0.25, -0.2) is 8.42 Å². The van der Waals surface area contributed by atoms with E-state index in [1.54, 1.807) is 36.4 Å². The molecule has 1 amide bonds. The zero-order valence-electron chi connectivity index (χ0n) is 16.0. The van der Waals surface area contributed by atoms with Gasteiger partial charge in [0.25, 0.3) is 0 Å². The number of benzene rings is 3. The van der Waals surface area contributed by atoms with Crippen LogP contribution < -0.4 is 5.32 Å². The fourth-order valence-electron chi connectivity index (χ4n) is 3.68. The third-order valence-corrected chi connectivity index (χ3v) is 7.71. The van der Waals surface area contributed by atoms with Crippen LogP contribution >= 0.6 is 23.2 Å². The molecule has 0 saturated carbocycles. The average molecular weight is 463 g/mol. The summed E-state index contributed by atoms with van der Waals surface area (Å²) in [5.74, 6) is -0.710. The second kappa shape index (κ2) is 8.55. The standard InChI is InChI=1S/C22H20Cl2N2O3S/c23-18-8-10-21(20(24)13-18)25-22(27)17-6-3-11-26(14-17)30(28,29)19-9-7-15-4-1-2-5-16(15)12-19/h1-2,4-5,7-10,12-13,17H,3,6,11,14H2,(H,25,27). The molecule has 3 aromatic rings. The molecule has 1 N–H and O–H groups in total. The Kier molecular flexibility index (Phi) is 6.02. The van der Waals surface area contributed by atoms with Crippen molar-refractivity contribution < 1.29 is 13.2 Å². The first-order chi connectivity index (χ1) is 14.3. The fourth-order valence-corrected chi connectivity index (χ4v) is 5.69. The van der Waals surface area contributed by atoms with Crippen LogP contribution in [-0.2, 0) is 14.8 Å². The Morgan fingerprint density at radius 1 is 1.00 bits per heavy atom. The van der Waals surface area contributed by atoms with E-state index in [0.29, 0.717) is 35.1 Å². The highest BCUT2D eigenvalue weighted by molar-refractivity contribution is 7.89. The molecule has 0 aromatic heterocycles. The topological polar surface area (TPSA) is 66.5 Å². The number of fused-ring (bicyclic) bond motifs is 1. The van der Waals surface area contributed by atoms with Crippen LogP contribution in [0.5, 0.6) is 0 Å². The summed E-state index contributed by atoms with van der Waals surface area (Å²) in [5, 5.41) is 5.45. The van der Waals surface area contributed by atoms with Crippen molar-refractivity contribution in [1.29, 1.82) is 0 Å². The van der Waals surface area contributed by atoms with Gasteiger partial charge in [0.05, 0.1) is 21.5 Å². The lowest BCUT2D eigenvalue weighted by molar-refractivity contribution is -0.120. The van der Waals surface area contributed by atoms with E-state index in [4.69, 9.17) is 23.2 Å². The zero-order valence-corrected chi connectivity index (χ0v) is 18.3. The van der Waals surface area contributed by atoms with E-state index in [2.05, 4.69) is 5.32 Å². The SMILES string of the molecule is O=C(Nc1ccc(Cl)cc1Cl)C1CCCN(S(=O)(=O)c2ccc3ccccc3c2)C1. The summed E-state index contributed by atoms with van der Waals surface area (Å²) in [6, 6.07) is 17.5. The second-order valence-corrected chi connectivity index (χ2v) is 10.1. The maximum Gasteiger partial charge on any atom is 0.243 e. The molecule has 1 atom stereocenters. The summed E-state index contributed by atoms with van der Waals surface area (Å²) in [6.07, 6.45) is 1.22. The maximum absolute atomic E-state index is 13.2. The molecule has 1 aliphatic rings. The summed E-state index contributed by atoms with van der Waals surface area (Å²) >= 11 is 12.0. The lowest BCUT2D eigenvalue weighted by atomic mass is 9.99. The second-order valence-electron chi connectivity index (χ2n) is 7.32. The van der Waals surface area contributed by atoms with Gasteiger partial charge < -0.3 is 5.32 Å². The van der Waals surface area contributed by atoms with E-state index < -0.39 is 15.9 Å². The highest BCUT2D eigenvalue weighted by Crippen LogP contribution is 2.29. The van der Waals surface area contributed by atoms with E-state index in [-0.39, 0.29) is 17.3 Å². The fraction of sp³-hybridized carbons (Fsp3) is 0.227. The van der Waals surface area contributed by atoms with Crippen LogP contribution in [-0.4, -0.2) is 31.7 Å². The Balaban J connectivity index is 1.52. The number of sulfonamides is 1. The minimum absolute atomic E-state index is 0.131. The number of hydrogen-bond acceptors (Lipinski definition) is 3.